The van der Waals surface area contributed by atoms with E-state index in [0.29, 0.717) is 5.56 Å². The first-order valence-electron chi connectivity index (χ1n) is 4.85. The number of allylic oxidation sites excluding steroid dienone is 2. The van der Waals surface area contributed by atoms with E-state index in [1.165, 1.54) is 11.1 Å². The Morgan fingerprint density at radius 3 is 3.13 bits per heavy atom. The van der Waals surface area contributed by atoms with Gasteiger partial charge in [-0.25, -0.2) is 0 Å². The first-order valence-corrected chi connectivity index (χ1v) is 4.85. The summed E-state index contributed by atoms with van der Waals surface area (Å²) in [6.07, 6.45) is 7.96. The second-order valence-electron chi connectivity index (χ2n) is 3.67. The molecule has 2 nitrogen and oxygen atoms in total. The maximum absolute atomic E-state index is 8.85. The van der Waals surface area contributed by atoms with E-state index < -0.39 is 0 Å². The molecule has 3 rings (SSSR count). The number of rotatable bonds is 0. The van der Waals surface area contributed by atoms with Crippen LogP contribution in [0.5, 0.6) is 0 Å². The van der Waals surface area contributed by atoms with Crippen molar-refractivity contribution in [3.8, 4) is 6.07 Å². The molecule has 1 unspecified atom stereocenters. The minimum atomic E-state index is 0.248. The highest BCUT2D eigenvalue weighted by atomic mass is 14.8. The van der Waals surface area contributed by atoms with E-state index in [2.05, 4.69) is 23.2 Å². The van der Waals surface area contributed by atoms with Crippen molar-refractivity contribution in [2.75, 3.05) is 0 Å². The van der Waals surface area contributed by atoms with Gasteiger partial charge in [0.25, 0.3) is 0 Å². The second-order valence-corrected chi connectivity index (χ2v) is 3.67. The van der Waals surface area contributed by atoms with Gasteiger partial charge in [0.15, 0.2) is 0 Å². The summed E-state index contributed by atoms with van der Waals surface area (Å²) in [5, 5.41) is 8.85. The zero-order valence-corrected chi connectivity index (χ0v) is 8.01. The fraction of sp³-hybridized carbons (Fsp3) is 0.0769. The van der Waals surface area contributed by atoms with Crippen LogP contribution < -0.4 is 0 Å². The fourth-order valence-corrected chi connectivity index (χ4v) is 2.06. The predicted molar refractivity (Wildman–Crippen MR) is 59.5 cm³/mol. The molecular weight excluding hydrogens is 184 g/mol. The van der Waals surface area contributed by atoms with Gasteiger partial charge in [0.1, 0.15) is 0 Å². The molecule has 0 amide bonds. The van der Waals surface area contributed by atoms with Gasteiger partial charge in [0, 0.05) is 12.1 Å². The predicted octanol–water partition coefficient (Wildman–Crippen LogP) is 2.64. The van der Waals surface area contributed by atoms with Crippen LogP contribution in [0.15, 0.2) is 41.0 Å². The van der Waals surface area contributed by atoms with Gasteiger partial charge in [-0.2, -0.15) is 5.26 Å². The molecule has 0 saturated heterocycles. The van der Waals surface area contributed by atoms with Crippen molar-refractivity contribution < 1.29 is 0 Å². The van der Waals surface area contributed by atoms with E-state index in [-0.39, 0.29) is 5.92 Å². The van der Waals surface area contributed by atoms with Gasteiger partial charge in [-0.05, 0) is 35.4 Å². The molecule has 15 heavy (non-hydrogen) atoms. The Morgan fingerprint density at radius 2 is 2.27 bits per heavy atom. The van der Waals surface area contributed by atoms with Crippen LogP contribution in [0.25, 0.3) is 6.08 Å². The minimum Gasteiger partial charge on any atom is -0.260 e. The van der Waals surface area contributed by atoms with Gasteiger partial charge in [0.05, 0.1) is 17.3 Å². The highest BCUT2D eigenvalue weighted by Gasteiger charge is 2.23. The van der Waals surface area contributed by atoms with E-state index >= 15 is 0 Å². The van der Waals surface area contributed by atoms with Crippen LogP contribution in [-0.4, -0.2) is 6.21 Å². The molecule has 0 aromatic heterocycles. The summed E-state index contributed by atoms with van der Waals surface area (Å²) in [5.74, 6) is 0.248. The molecule has 0 spiro atoms. The topological polar surface area (TPSA) is 36.1 Å². The molecular formula is C13H8N2. The lowest BCUT2D eigenvalue weighted by Gasteiger charge is -2.11. The van der Waals surface area contributed by atoms with Crippen LogP contribution in [0.2, 0.25) is 0 Å². The number of hydrogen-bond acceptors (Lipinski definition) is 2. The second kappa shape index (κ2) is 2.93. The molecule has 0 saturated carbocycles. The summed E-state index contributed by atoms with van der Waals surface area (Å²) < 4.78 is 0. The highest BCUT2D eigenvalue weighted by molar-refractivity contribution is 5.80. The summed E-state index contributed by atoms with van der Waals surface area (Å²) in [4.78, 5) is 4.33. The lowest BCUT2D eigenvalue weighted by molar-refractivity contribution is 0.997. The molecule has 1 atom stereocenters. The molecule has 1 aromatic rings. The van der Waals surface area contributed by atoms with Crippen molar-refractivity contribution in [1.82, 2.24) is 0 Å². The average Bonchev–Trinajstić information content (AvgIpc) is 2.66. The summed E-state index contributed by atoms with van der Waals surface area (Å²) in [6.45, 7) is 0. The van der Waals surface area contributed by atoms with Crippen LogP contribution >= 0.6 is 0 Å². The first kappa shape index (κ1) is 8.19. The van der Waals surface area contributed by atoms with Crippen molar-refractivity contribution in [3.05, 3.63) is 52.7 Å². The third-order valence-corrected chi connectivity index (χ3v) is 2.79. The van der Waals surface area contributed by atoms with Gasteiger partial charge in [-0.15, -0.1) is 0 Å². The summed E-state index contributed by atoms with van der Waals surface area (Å²) in [5.41, 5.74) is 4.16. The van der Waals surface area contributed by atoms with E-state index in [1.807, 2.05) is 24.3 Å². The zero-order valence-electron chi connectivity index (χ0n) is 8.01. The molecule has 70 valence electrons. The van der Waals surface area contributed by atoms with Crippen molar-refractivity contribution in [1.29, 1.82) is 5.26 Å². The van der Waals surface area contributed by atoms with Gasteiger partial charge >= 0.3 is 0 Å². The maximum Gasteiger partial charge on any atom is 0.0991 e. The van der Waals surface area contributed by atoms with Gasteiger partial charge in [-0.1, -0.05) is 12.1 Å². The van der Waals surface area contributed by atoms with Gasteiger partial charge in [0.2, 0.25) is 0 Å². The molecule has 2 heteroatoms. The number of dihydropyridines is 1. The molecule has 0 bridgehead atoms. The molecule has 1 heterocycles. The third kappa shape index (κ3) is 1.14. The minimum absolute atomic E-state index is 0.248. The third-order valence-electron chi connectivity index (χ3n) is 2.79. The number of aliphatic imine (C=N–C) groups is 1. The smallest absolute Gasteiger partial charge is 0.0991 e. The fourth-order valence-electron chi connectivity index (χ4n) is 2.06. The Kier molecular flexibility index (Phi) is 1.60. The quantitative estimate of drug-likeness (QED) is 0.622. The number of fused-ring (bicyclic) bond motifs is 3. The maximum atomic E-state index is 8.85. The lowest BCUT2D eigenvalue weighted by atomic mass is 9.96. The number of benzene rings is 1. The number of nitriles is 1. The Balaban J connectivity index is 2.18. The molecule has 1 aliphatic heterocycles. The normalized spacial score (nSPS) is 20.5. The molecule has 0 N–H and O–H groups in total. The van der Waals surface area contributed by atoms with Crippen molar-refractivity contribution in [2.45, 2.75) is 5.92 Å². The van der Waals surface area contributed by atoms with Gasteiger partial charge in [-0.3, -0.25) is 4.99 Å². The van der Waals surface area contributed by atoms with E-state index in [0.717, 1.165) is 5.70 Å². The molecule has 0 radical (unpaired) electrons. The van der Waals surface area contributed by atoms with Crippen LogP contribution in [0.3, 0.4) is 0 Å². The van der Waals surface area contributed by atoms with Gasteiger partial charge < -0.3 is 0 Å². The Morgan fingerprint density at radius 1 is 1.33 bits per heavy atom. The standard InChI is InChI=1S/C13H8N2/c14-8-9-3-4-10-7-13-11(12(10)6-9)2-1-5-15-13/h1-7,11H. The summed E-state index contributed by atoms with van der Waals surface area (Å²) in [7, 11) is 0. The molecule has 1 aromatic carbocycles. The van der Waals surface area contributed by atoms with Crippen LogP contribution in [0.1, 0.15) is 22.6 Å². The Bertz CT molecular complexity index is 556. The first-order chi connectivity index (χ1) is 7.38. The van der Waals surface area contributed by atoms with E-state index in [9.17, 15) is 0 Å². The van der Waals surface area contributed by atoms with Crippen LogP contribution in [0, 0.1) is 11.3 Å². The van der Waals surface area contributed by atoms with E-state index in [4.69, 9.17) is 5.26 Å². The van der Waals surface area contributed by atoms with Crippen LogP contribution in [-0.2, 0) is 0 Å². The van der Waals surface area contributed by atoms with Crippen molar-refractivity contribution >= 4 is 12.3 Å². The molecule has 2 aliphatic rings. The Labute approximate surface area is 87.9 Å². The zero-order chi connectivity index (χ0) is 10.3. The van der Waals surface area contributed by atoms with E-state index in [1.54, 1.807) is 6.21 Å². The number of hydrogen-bond donors (Lipinski definition) is 0. The average molecular weight is 192 g/mol. The van der Waals surface area contributed by atoms with Crippen LogP contribution in [0.4, 0.5) is 0 Å². The van der Waals surface area contributed by atoms with Crippen molar-refractivity contribution in [3.63, 3.8) is 0 Å². The van der Waals surface area contributed by atoms with Crippen molar-refractivity contribution in [2.24, 2.45) is 4.99 Å². The Hall–Kier alpha value is -2.14. The molecule has 0 fully saturated rings. The number of nitrogens with zero attached hydrogens (tertiary/aromatic N) is 2. The lowest BCUT2D eigenvalue weighted by Crippen LogP contribution is -1.97. The largest absolute Gasteiger partial charge is 0.260 e. The SMILES string of the molecule is N#Cc1ccc2c(c1)C1C=CC=NC1=C2. The molecule has 1 aliphatic carbocycles. The monoisotopic (exact) mass is 192 g/mol. The summed E-state index contributed by atoms with van der Waals surface area (Å²) in [6, 6.07) is 7.96. The summed E-state index contributed by atoms with van der Waals surface area (Å²) >= 11 is 0. The highest BCUT2D eigenvalue weighted by Crippen LogP contribution is 2.39.